The lowest BCUT2D eigenvalue weighted by Crippen LogP contribution is -2.52. The molecule has 3 rings (SSSR count). The van der Waals surface area contributed by atoms with Crippen molar-refractivity contribution < 1.29 is 27.9 Å². The van der Waals surface area contributed by atoms with Crippen molar-refractivity contribution in [1.82, 2.24) is 4.90 Å². The third-order valence-electron chi connectivity index (χ3n) is 4.95. The van der Waals surface area contributed by atoms with Crippen molar-refractivity contribution in [2.75, 3.05) is 13.1 Å². The first kappa shape index (κ1) is 15.8. The highest BCUT2D eigenvalue weighted by molar-refractivity contribution is 5.91. The quantitative estimate of drug-likeness (QED) is 0.927. The molecule has 2 fully saturated rings. The fourth-order valence-corrected chi connectivity index (χ4v) is 3.48. The Hall–Kier alpha value is -2.05. The number of amides is 1. The molecule has 1 saturated heterocycles. The molecule has 23 heavy (non-hydrogen) atoms. The molecule has 1 amide bonds. The zero-order valence-electron chi connectivity index (χ0n) is 12.3. The first-order chi connectivity index (χ1) is 10.8. The number of hydrogen-bond donors (Lipinski definition) is 1. The molecule has 0 bridgehead atoms. The monoisotopic (exact) mass is 327 g/mol. The third kappa shape index (κ3) is 2.29. The molecule has 0 aromatic heterocycles. The van der Waals surface area contributed by atoms with E-state index in [0.29, 0.717) is 6.42 Å². The van der Waals surface area contributed by atoms with E-state index in [-0.39, 0.29) is 31.4 Å². The zero-order valence-corrected chi connectivity index (χ0v) is 12.3. The van der Waals surface area contributed by atoms with Crippen LogP contribution in [0.15, 0.2) is 18.2 Å². The summed E-state index contributed by atoms with van der Waals surface area (Å²) in [5.74, 6) is -3.81. The van der Waals surface area contributed by atoms with Gasteiger partial charge in [0.05, 0.1) is 12.0 Å². The van der Waals surface area contributed by atoms with Gasteiger partial charge < -0.3 is 10.0 Å². The van der Waals surface area contributed by atoms with Crippen molar-refractivity contribution in [3.05, 3.63) is 35.4 Å². The molecule has 1 unspecified atom stereocenters. The molecule has 1 aromatic rings. The van der Waals surface area contributed by atoms with Crippen LogP contribution in [-0.2, 0) is 15.0 Å². The number of halogens is 3. The first-order valence-electron chi connectivity index (χ1n) is 7.46. The minimum absolute atomic E-state index is 0.0700. The molecule has 1 aliphatic carbocycles. The number of carbonyl (C=O) groups excluding carboxylic acids is 1. The molecule has 1 aliphatic heterocycles. The van der Waals surface area contributed by atoms with E-state index in [1.165, 1.54) is 6.07 Å². The predicted molar refractivity (Wildman–Crippen MR) is 74.6 cm³/mol. The number of alkyl halides is 1. The molecular weight excluding hydrogens is 311 g/mol. The summed E-state index contributed by atoms with van der Waals surface area (Å²) in [7, 11) is 0. The predicted octanol–water partition coefficient (Wildman–Crippen LogP) is 2.41. The lowest BCUT2D eigenvalue weighted by Gasteiger charge is -2.43. The highest BCUT2D eigenvalue weighted by atomic mass is 19.1. The summed E-state index contributed by atoms with van der Waals surface area (Å²) in [5.41, 5.74) is -4.13. The van der Waals surface area contributed by atoms with E-state index in [4.69, 9.17) is 5.11 Å². The van der Waals surface area contributed by atoms with Gasteiger partial charge in [0.1, 0.15) is 11.6 Å². The third-order valence-corrected chi connectivity index (χ3v) is 4.95. The van der Waals surface area contributed by atoms with E-state index >= 15 is 0 Å². The van der Waals surface area contributed by atoms with Crippen molar-refractivity contribution in [3.8, 4) is 0 Å². The van der Waals surface area contributed by atoms with Crippen LogP contribution < -0.4 is 0 Å². The number of aliphatic carboxylic acids is 1. The molecule has 4 nitrogen and oxygen atoms in total. The maximum Gasteiger partial charge on any atom is 0.343 e. The molecule has 0 spiro atoms. The molecule has 1 atom stereocenters. The van der Waals surface area contributed by atoms with Crippen LogP contribution in [-0.4, -0.2) is 40.6 Å². The van der Waals surface area contributed by atoms with Crippen LogP contribution in [0.1, 0.15) is 31.2 Å². The Bertz CT molecular complexity index is 654. The molecule has 0 radical (unpaired) electrons. The second-order valence-corrected chi connectivity index (χ2v) is 6.28. The molecule has 7 heteroatoms. The standard InChI is InChI=1S/C16H16F3NO3/c17-10-3-1-4-11(18)12(10)15(5-2-6-15)13(21)20-8-7-16(19,9-20)14(22)23/h1,3-4H,2,5-9H2,(H,22,23). The number of nitrogens with zero attached hydrogens (tertiary/aromatic N) is 1. The van der Waals surface area contributed by atoms with Gasteiger partial charge in [-0.1, -0.05) is 12.5 Å². The molecule has 1 heterocycles. The van der Waals surface area contributed by atoms with Gasteiger partial charge >= 0.3 is 5.97 Å². The number of likely N-dealkylation sites (tertiary alicyclic amines) is 1. The lowest BCUT2D eigenvalue weighted by atomic mass is 9.63. The van der Waals surface area contributed by atoms with E-state index in [9.17, 15) is 22.8 Å². The highest BCUT2D eigenvalue weighted by Crippen LogP contribution is 2.48. The molecule has 1 saturated carbocycles. The van der Waals surface area contributed by atoms with Gasteiger partial charge in [-0.2, -0.15) is 0 Å². The van der Waals surface area contributed by atoms with Crippen molar-refractivity contribution in [2.24, 2.45) is 0 Å². The number of hydrogen-bond acceptors (Lipinski definition) is 2. The average Bonchev–Trinajstić information content (AvgIpc) is 2.84. The summed E-state index contributed by atoms with van der Waals surface area (Å²) >= 11 is 0. The van der Waals surface area contributed by atoms with Crippen LogP contribution in [0, 0.1) is 11.6 Å². The first-order valence-corrected chi connectivity index (χ1v) is 7.46. The van der Waals surface area contributed by atoms with Crippen molar-refractivity contribution in [2.45, 2.75) is 36.8 Å². The number of carboxylic acid groups (broad SMARTS) is 1. The van der Waals surface area contributed by atoms with E-state index in [2.05, 4.69) is 0 Å². The summed E-state index contributed by atoms with van der Waals surface area (Å²) in [6.07, 6.45) is 0.857. The fourth-order valence-electron chi connectivity index (χ4n) is 3.48. The maximum atomic E-state index is 14.2. The maximum absolute atomic E-state index is 14.2. The highest BCUT2D eigenvalue weighted by Gasteiger charge is 2.55. The normalized spacial score (nSPS) is 26.0. The average molecular weight is 327 g/mol. The van der Waals surface area contributed by atoms with Crippen LogP contribution in [0.3, 0.4) is 0 Å². The van der Waals surface area contributed by atoms with Crippen molar-refractivity contribution in [1.29, 1.82) is 0 Å². The van der Waals surface area contributed by atoms with Crippen LogP contribution in [0.4, 0.5) is 13.2 Å². The second kappa shape index (κ2) is 5.25. The van der Waals surface area contributed by atoms with Gasteiger partial charge in [-0.05, 0) is 25.0 Å². The Morgan fingerprint density at radius 1 is 1.13 bits per heavy atom. The topological polar surface area (TPSA) is 57.6 Å². The summed E-state index contributed by atoms with van der Waals surface area (Å²) in [5, 5.41) is 8.92. The van der Waals surface area contributed by atoms with E-state index < -0.39 is 41.1 Å². The van der Waals surface area contributed by atoms with Gasteiger partial charge in [0.2, 0.25) is 11.6 Å². The van der Waals surface area contributed by atoms with Gasteiger partial charge in [-0.25, -0.2) is 18.0 Å². The SMILES string of the molecule is O=C(O)C1(F)CCN(C(=O)C2(c3c(F)cccc3F)CCC2)C1. The van der Waals surface area contributed by atoms with E-state index in [1.807, 2.05) is 0 Å². The van der Waals surface area contributed by atoms with Crippen molar-refractivity contribution >= 4 is 11.9 Å². The largest absolute Gasteiger partial charge is 0.479 e. The summed E-state index contributed by atoms with van der Waals surface area (Å²) in [4.78, 5) is 24.9. The number of rotatable bonds is 3. The minimum atomic E-state index is -2.49. The Morgan fingerprint density at radius 3 is 2.17 bits per heavy atom. The molecule has 2 aliphatic rings. The molecular formula is C16H16F3NO3. The zero-order chi connectivity index (χ0) is 16.8. The Balaban J connectivity index is 1.93. The number of carbonyl (C=O) groups is 2. The number of benzene rings is 1. The fraction of sp³-hybridized carbons (Fsp3) is 0.500. The van der Waals surface area contributed by atoms with Crippen LogP contribution >= 0.6 is 0 Å². The Kier molecular flexibility index (Phi) is 3.61. The Labute approximate surface area is 130 Å². The summed E-state index contributed by atoms with van der Waals surface area (Å²) in [6.45, 7) is -0.654. The van der Waals surface area contributed by atoms with Crippen LogP contribution in [0.5, 0.6) is 0 Å². The Morgan fingerprint density at radius 2 is 1.74 bits per heavy atom. The van der Waals surface area contributed by atoms with Crippen molar-refractivity contribution in [3.63, 3.8) is 0 Å². The molecule has 124 valence electrons. The lowest BCUT2D eigenvalue weighted by molar-refractivity contribution is -0.151. The molecule has 1 aromatic carbocycles. The van der Waals surface area contributed by atoms with Gasteiger partial charge in [0, 0.05) is 18.5 Å². The summed E-state index contributed by atoms with van der Waals surface area (Å²) in [6, 6.07) is 3.40. The smallest absolute Gasteiger partial charge is 0.343 e. The van der Waals surface area contributed by atoms with Crippen LogP contribution in [0.2, 0.25) is 0 Å². The second-order valence-electron chi connectivity index (χ2n) is 6.28. The van der Waals surface area contributed by atoms with E-state index in [0.717, 1.165) is 17.0 Å². The molecule has 1 N–H and O–H groups in total. The van der Waals surface area contributed by atoms with E-state index in [1.54, 1.807) is 0 Å². The number of carboxylic acids is 1. The van der Waals surface area contributed by atoms with Gasteiger partial charge in [0.15, 0.2) is 0 Å². The van der Waals surface area contributed by atoms with Gasteiger partial charge in [-0.3, -0.25) is 4.79 Å². The van der Waals surface area contributed by atoms with Crippen LogP contribution in [0.25, 0.3) is 0 Å². The van der Waals surface area contributed by atoms with Gasteiger partial charge in [-0.15, -0.1) is 0 Å². The van der Waals surface area contributed by atoms with Gasteiger partial charge in [0.25, 0.3) is 0 Å². The summed E-state index contributed by atoms with van der Waals surface area (Å²) < 4.78 is 42.4. The minimum Gasteiger partial charge on any atom is -0.479 e.